The van der Waals surface area contributed by atoms with Crippen LogP contribution in [0.1, 0.15) is 29.8 Å². The third kappa shape index (κ3) is 2.98. The highest BCUT2D eigenvalue weighted by Gasteiger charge is 2.33. The number of hydrogen-bond acceptors (Lipinski definition) is 5. The molecule has 0 saturated heterocycles. The number of anilines is 2. The molecule has 23 heavy (non-hydrogen) atoms. The average molecular weight is 330 g/mol. The van der Waals surface area contributed by atoms with Crippen LogP contribution in [0.15, 0.2) is 30.3 Å². The topological polar surface area (TPSA) is 98.1 Å². The summed E-state index contributed by atoms with van der Waals surface area (Å²) in [7, 11) is 0. The second-order valence-corrected chi connectivity index (χ2v) is 5.80. The number of rotatable bonds is 2. The Morgan fingerprint density at radius 1 is 1.39 bits per heavy atom. The molecular weight excluding hydrogens is 314 g/mol. The number of carbonyl (C=O) groups excluding carboxylic acids is 1. The molecule has 0 aliphatic carbocycles. The molecule has 1 unspecified atom stereocenters. The molecule has 2 aromatic rings. The van der Waals surface area contributed by atoms with Crippen LogP contribution in [0.25, 0.3) is 6.08 Å². The van der Waals surface area contributed by atoms with E-state index in [1.807, 2.05) is 19.1 Å². The van der Waals surface area contributed by atoms with Gasteiger partial charge in [0.1, 0.15) is 5.82 Å². The summed E-state index contributed by atoms with van der Waals surface area (Å²) in [6, 6.07) is 7.08. The Morgan fingerprint density at radius 3 is 2.91 bits per heavy atom. The fourth-order valence-corrected chi connectivity index (χ4v) is 2.84. The highest BCUT2D eigenvalue weighted by atomic mass is 35.5. The zero-order chi connectivity index (χ0) is 16.6. The number of aromatic nitrogens is 2. The maximum absolute atomic E-state index is 12.5. The first-order valence-electron chi connectivity index (χ1n) is 7.11. The Kier molecular flexibility index (Phi) is 3.92. The Hall–Kier alpha value is -2.60. The molecule has 118 valence electrons. The van der Waals surface area contributed by atoms with Gasteiger partial charge in [0.25, 0.3) is 0 Å². The van der Waals surface area contributed by atoms with E-state index in [2.05, 4.69) is 9.97 Å². The molecule has 1 aliphatic heterocycles. The van der Waals surface area contributed by atoms with Crippen molar-refractivity contribution in [2.45, 2.75) is 19.5 Å². The van der Waals surface area contributed by atoms with Crippen LogP contribution < -0.4 is 11.5 Å². The van der Waals surface area contributed by atoms with Crippen molar-refractivity contribution < 1.29 is 4.79 Å². The van der Waals surface area contributed by atoms with Crippen molar-refractivity contribution in [3.63, 3.8) is 0 Å². The monoisotopic (exact) mass is 329 g/mol. The number of hydrogen-bond donors (Lipinski definition) is 2. The van der Waals surface area contributed by atoms with Gasteiger partial charge in [0.2, 0.25) is 11.9 Å². The van der Waals surface area contributed by atoms with Crippen LogP contribution in [0.4, 0.5) is 11.8 Å². The number of fused-ring (bicyclic) bond motifs is 1. The SMILES string of the molecule is CC1c2nc(N)nc(N)c2CN1C(=O)/C=C/c1cccc(Cl)c1. The zero-order valence-corrected chi connectivity index (χ0v) is 13.3. The predicted octanol–water partition coefficient (Wildman–Crippen LogP) is 2.41. The van der Waals surface area contributed by atoms with Crippen LogP contribution in [0, 0.1) is 0 Å². The number of nitrogens with two attached hydrogens (primary N) is 2. The lowest BCUT2D eigenvalue weighted by Crippen LogP contribution is -2.26. The largest absolute Gasteiger partial charge is 0.383 e. The van der Waals surface area contributed by atoms with E-state index in [-0.39, 0.29) is 17.9 Å². The molecule has 0 saturated carbocycles. The van der Waals surface area contributed by atoms with Gasteiger partial charge in [-0.05, 0) is 30.7 Å². The minimum atomic E-state index is -0.200. The number of halogens is 1. The van der Waals surface area contributed by atoms with Gasteiger partial charge >= 0.3 is 0 Å². The zero-order valence-electron chi connectivity index (χ0n) is 12.5. The van der Waals surface area contributed by atoms with Crippen LogP contribution in [0.2, 0.25) is 5.02 Å². The summed E-state index contributed by atoms with van der Waals surface area (Å²) in [4.78, 5) is 22.3. The molecule has 3 rings (SSSR count). The lowest BCUT2D eigenvalue weighted by Gasteiger charge is -2.19. The molecule has 1 amide bonds. The van der Waals surface area contributed by atoms with E-state index >= 15 is 0 Å². The Bertz CT molecular complexity index is 805. The number of nitrogen functional groups attached to an aromatic ring is 2. The van der Waals surface area contributed by atoms with Gasteiger partial charge in [-0.1, -0.05) is 23.7 Å². The third-order valence-electron chi connectivity index (χ3n) is 3.83. The normalized spacial score (nSPS) is 16.8. The second-order valence-electron chi connectivity index (χ2n) is 5.36. The maximum Gasteiger partial charge on any atom is 0.247 e. The van der Waals surface area contributed by atoms with Gasteiger partial charge < -0.3 is 16.4 Å². The van der Waals surface area contributed by atoms with Crippen molar-refractivity contribution in [3.8, 4) is 0 Å². The quantitative estimate of drug-likeness (QED) is 0.824. The molecule has 6 nitrogen and oxygen atoms in total. The van der Waals surface area contributed by atoms with Gasteiger partial charge in [-0.2, -0.15) is 4.98 Å². The molecule has 2 heterocycles. The standard InChI is InChI=1S/C16H16ClN5O/c1-9-14-12(15(18)21-16(19)20-14)8-22(9)13(23)6-5-10-3-2-4-11(17)7-10/h2-7,9H,8H2,1H3,(H4,18,19,20,21)/b6-5+. The van der Waals surface area contributed by atoms with E-state index in [4.69, 9.17) is 23.1 Å². The van der Waals surface area contributed by atoms with E-state index in [0.717, 1.165) is 11.1 Å². The smallest absolute Gasteiger partial charge is 0.247 e. The summed E-state index contributed by atoms with van der Waals surface area (Å²) >= 11 is 5.93. The number of nitrogens with zero attached hydrogens (tertiary/aromatic N) is 3. The summed E-state index contributed by atoms with van der Waals surface area (Å²) in [5, 5.41) is 0.625. The van der Waals surface area contributed by atoms with Crippen molar-refractivity contribution in [2.24, 2.45) is 0 Å². The molecular formula is C16H16ClN5O. The Balaban J connectivity index is 1.81. The van der Waals surface area contributed by atoms with E-state index in [1.54, 1.807) is 23.1 Å². The van der Waals surface area contributed by atoms with Crippen LogP contribution in [-0.2, 0) is 11.3 Å². The minimum absolute atomic E-state index is 0.122. The molecule has 0 fully saturated rings. The lowest BCUT2D eigenvalue weighted by atomic mass is 10.2. The molecule has 0 bridgehead atoms. The first-order valence-corrected chi connectivity index (χ1v) is 7.49. The predicted molar refractivity (Wildman–Crippen MR) is 90.3 cm³/mol. The van der Waals surface area contributed by atoms with Crippen molar-refractivity contribution in [1.82, 2.24) is 14.9 Å². The van der Waals surface area contributed by atoms with Crippen molar-refractivity contribution in [1.29, 1.82) is 0 Å². The number of benzene rings is 1. The van der Waals surface area contributed by atoms with E-state index in [0.29, 0.717) is 23.1 Å². The molecule has 1 aromatic carbocycles. The summed E-state index contributed by atoms with van der Waals surface area (Å²) in [6.07, 6.45) is 3.24. The first-order chi connectivity index (χ1) is 11.0. The van der Waals surface area contributed by atoms with Gasteiger partial charge in [0, 0.05) is 16.7 Å². The summed E-state index contributed by atoms with van der Waals surface area (Å²) in [5.74, 6) is 0.318. The first kappa shape index (κ1) is 15.3. The molecule has 0 radical (unpaired) electrons. The van der Waals surface area contributed by atoms with E-state index < -0.39 is 0 Å². The third-order valence-corrected chi connectivity index (χ3v) is 4.07. The maximum atomic E-state index is 12.5. The highest BCUT2D eigenvalue weighted by molar-refractivity contribution is 6.30. The number of carbonyl (C=O) groups is 1. The minimum Gasteiger partial charge on any atom is -0.383 e. The van der Waals surface area contributed by atoms with Crippen LogP contribution in [0.3, 0.4) is 0 Å². The summed E-state index contributed by atoms with van der Waals surface area (Å²) in [6.45, 7) is 2.27. The molecule has 4 N–H and O–H groups in total. The lowest BCUT2D eigenvalue weighted by molar-refractivity contribution is -0.127. The Labute approximate surface area is 138 Å². The van der Waals surface area contributed by atoms with Crippen LogP contribution >= 0.6 is 11.6 Å². The summed E-state index contributed by atoms with van der Waals surface area (Å²) < 4.78 is 0. The molecule has 7 heteroatoms. The fourth-order valence-electron chi connectivity index (χ4n) is 2.64. The van der Waals surface area contributed by atoms with Crippen molar-refractivity contribution in [2.75, 3.05) is 11.5 Å². The Morgan fingerprint density at radius 2 is 2.17 bits per heavy atom. The van der Waals surface area contributed by atoms with E-state index in [1.165, 1.54) is 6.08 Å². The van der Waals surface area contributed by atoms with Crippen molar-refractivity contribution in [3.05, 3.63) is 52.2 Å². The van der Waals surface area contributed by atoms with Crippen LogP contribution in [-0.4, -0.2) is 20.8 Å². The van der Waals surface area contributed by atoms with Gasteiger partial charge in [-0.25, -0.2) is 4.98 Å². The molecule has 1 aliphatic rings. The van der Waals surface area contributed by atoms with Crippen LogP contribution in [0.5, 0.6) is 0 Å². The van der Waals surface area contributed by atoms with Gasteiger partial charge in [-0.15, -0.1) is 0 Å². The highest BCUT2D eigenvalue weighted by Crippen LogP contribution is 2.34. The van der Waals surface area contributed by atoms with Crippen molar-refractivity contribution >= 4 is 35.4 Å². The second kappa shape index (κ2) is 5.89. The molecule has 0 spiro atoms. The average Bonchev–Trinajstić information content (AvgIpc) is 2.83. The molecule has 1 aromatic heterocycles. The van der Waals surface area contributed by atoms with Gasteiger partial charge in [0.15, 0.2) is 0 Å². The molecule has 1 atom stereocenters. The van der Waals surface area contributed by atoms with Gasteiger partial charge in [-0.3, -0.25) is 4.79 Å². The summed E-state index contributed by atoms with van der Waals surface area (Å²) in [5.41, 5.74) is 13.8. The number of amides is 1. The van der Waals surface area contributed by atoms with E-state index in [9.17, 15) is 4.79 Å². The van der Waals surface area contributed by atoms with Gasteiger partial charge in [0.05, 0.1) is 18.3 Å². The fraction of sp³-hybridized carbons (Fsp3) is 0.188.